The van der Waals surface area contributed by atoms with Crippen LogP contribution in [0, 0.1) is 0 Å². The van der Waals surface area contributed by atoms with Gasteiger partial charge in [0.1, 0.15) is 11.2 Å². The molecule has 0 fully saturated rings. The van der Waals surface area contributed by atoms with Crippen LogP contribution in [0.2, 0.25) is 0 Å². The highest BCUT2D eigenvalue weighted by Crippen LogP contribution is 2.16. The Bertz CT molecular complexity index is 635. The van der Waals surface area contributed by atoms with E-state index in [1.165, 1.54) is 11.1 Å². The summed E-state index contributed by atoms with van der Waals surface area (Å²) >= 11 is 0. The number of rotatable bonds is 6. The fraction of sp³-hybridized carbons (Fsp3) is 0.632. The molecule has 1 aromatic heterocycles. The van der Waals surface area contributed by atoms with Gasteiger partial charge in [0.2, 0.25) is 0 Å². The number of aromatic nitrogens is 1. The van der Waals surface area contributed by atoms with Crippen LogP contribution in [0.15, 0.2) is 18.5 Å². The van der Waals surface area contributed by atoms with Crippen LogP contribution in [0.5, 0.6) is 0 Å². The maximum atomic E-state index is 12.4. The third-order valence-electron chi connectivity index (χ3n) is 3.03. The van der Waals surface area contributed by atoms with Crippen molar-refractivity contribution < 1.29 is 23.8 Å². The number of methoxy groups -OCH3 is 1. The van der Waals surface area contributed by atoms with Gasteiger partial charge in [0.15, 0.2) is 0 Å². The fourth-order valence-corrected chi connectivity index (χ4v) is 2.05. The highest BCUT2D eigenvalue weighted by atomic mass is 16.6. The second kappa shape index (κ2) is 9.55. The number of ether oxygens (including phenoxy) is 3. The Balaban J connectivity index is 2.83. The summed E-state index contributed by atoms with van der Waals surface area (Å²) in [6.45, 7) is 11.8. The summed E-state index contributed by atoms with van der Waals surface area (Å²) in [4.78, 5) is 30.0. The molecule has 0 aromatic carbocycles. The number of carbonyl (C=O) groups is 2. The number of nitrogens with zero attached hydrogens (tertiary/aromatic N) is 2. The van der Waals surface area contributed by atoms with Crippen LogP contribution in [0.1, 0.15) is 47.1 Å². The van der Waals surface area contributed by atoms with E-state index in [1.807, 2.05) is 20.8 Å². The molecule has 8 heteroatoms. The Kier molecular flexibility index (Phi) is 8.02. The molecule has 1 heterocycles. The first-order valence-corrected chi connectivity index (χ1v) is 8.80. The Hall–Kier alpha value is -2.35. The largest absolute Gasteiger partial charge is 0.444 e. The van der Waals surface area contributed by atoms with E-state index in [-0.39, 0.29) is 6.54 Å². The minimum Gasteiger partial charge on any atom is -0.444 e. The summed E-state index contributed by atoms with van der Waals surface area (Å²) in [5, 5.41) is 2.64. The highest BCUT2D eigenvalue weighted by Gasteiger charge is 2.22. The monoisotopic (exact) mass is 381 g/mol. The number of hydrogen-bond donors (Lipinski definition) is 1. The molecule has 0 saturated heterocycles. The SMILES string of the molecule is COCCN(Cc1cncc(NC(=O)OC(C)(C)C)c1)C(=O)OC(C)(C)C. The molecule has 0 spiro atoms. The topological polar surface area (TPSA) is 90.0 Å². The van der Waals surface area contributed by atoms with E-state index in [0.717, 1.165) is 5.56 Å². The molecule has 0 atom stereocenters. The molecule has 0 bridgehead atoms. The molecule has 2 amide bonds. The van der Waals surface area contributed by atoms with Gasteiger partial charge in [0.25, 0.3) is 0 Å². The van der Waals surface area contributed by atoms with Crippen molar-refractivity contribution in [3.8, 4) is 0 Å². The molecule has 0 radical (unpaired) electrons. The molecular weight excluding hydrogens is 350 g/mol. The van der Waals surface area contributed by atoms with Gasteiger partial charge in [-0.05, 0) is 53.2 Å². The van der Waals surface area contributed by atoms with E-state index >= 15 is 0 Å². The van der Waals surface area contributed by atoms with E-state index in [0.29, 0.717) is 18.8 Å². The Morgan fingerprint density at radius 3 is 2.26 bits per heavy atom. The number of carbonyl (C=O) groups excluding carboxylic acids is 2. The molecule has 0 aliphatic rings. The maximum absolute atomic E-state index is 12.4. The number of hydrogen-bond acceptors (Lipinski definition) is 6. The molecular formula is C19H31N3O5. The summed E-state index contributed by atoms with van der Waals surface area (Å²) in [5.74, 6) is 0. The van der Waals surface area contributed by atoms with Crippen LogP contribution in [0.25, 0.3) is 0 Å². The van der Waals surface area contributed by atoms with E-state index in [1.54, 1.807) is 40.1 Å². The van der Waals surface area contributed by atoms with Crippen LogP contribution in [0.3, 0.4) is 0 Å². The molecule has 152 valence electrons. The second-order valence-electron chi connectivity index (χ2n) is 8.10. The average Bonchev–Trinajstić information content (AvgIpc) is 2.48. The lowest BCUT2D eigenvalue weighted by atomic mass is 10.2. The summed E-state index contributed by atoms with van der Waals surface area (Å²) < 4.78 is 15.7. The molecule has 0 aliphatic carbocycles. The molecule has 1 aromatic rings. The Morgan fingerprint density at radius 2 is 1.70 bits per heavy atom. The third kappa shape index (κ3) is 9.79. The Morgan fingerprint density at radius 1 is 1.07 bits per heavy atom. The van der Waals surface area contributed by atoms with Crippen LogP contribution in [0.4, 0.5) is 15.3 Å². The predicted octanol–water partition coefficient (Wildman–Crippen LogP) is 3.81. The van der Waals surface area contributed by atoms with Gasteiger partial charge in [-0.1, -0.05) is 0 Å². The number of amides is 2. The van der Waals surface area contributed by atoms with Crippen molar-refractivity contribution in [3.63, 3.8) is 0 Å². The zero-order chi connectivity index (χ0) is 20.7. The second-order valence-corrected chi connectivity index (χ2v) is 8.10. The van der Waals surface area contributed by atoms with Crippen molar-refractivity contribution in [1.29, 1.82) is 0 Å². The van der Waals surface area contributed by atoms with Gasteiger partial charge in [-0.25, -0.2) is 9.59 Å². The fourth-order valence-electron chi connectivity index (χ4n) is 2.05. The first-order valence-electron chi connectivity index (χ1n) is 8.80. The summed E-state index contributed by atoms with van der Waals surface area (Å²) in [6.07, 6.45) is 2.14. The molecule has 0 saturated carbocycles. The standard InChI is InChI=1S/C19H31N3O5/c1-18(2,3)26-16(23)21-15-10-14(11-20-12-15)13-22(8-9-25-7)17(24)27-19(4,5)6/h10-12H,8-9,13H2,1-7H3,(H,21,23). The minimum absolute atomic E-state index is 0.273. The zero-order valence-electron chi connectivity index (χ0n) is 17.3. The van der Waals surface area contributed by atoms with Gasteiger partial charge in [-0.2, -0.15) is 0 Å². The summed E-state index contributed by atoms with van der Waals surface area (Å²) in [5.41, 5.74) is 0.0342. The normalized spacial score (nSPS) is 11.7. The third-order valence-corrected chi connectivity index (χ3v) is 3.03. The lowest BCUT2D eigenvalue weighted by Gasteiger charge is -2.27. The molecule has 1 rings (SSSR count). The Labute approximate surface area is 161 Å². The number of anilines is 1. The van der Waals surface area contributed by atoms with Crippen molar-refractivity contribution in [2.45, 2.75) is 59.3 Å². The summed E-state index contributed by atoms with van der Waals surface area (Å²) in [6, 6.07) is 1.74. The highest BCUT2D eigenvalue weighted by molar-refractivity contribution is 5.84. The van der Waals surface area contributed by atoms with E-state index in [4.69, 9.17) is 14.2 Å². The lowest BCUT2D eigenvalue weighted by molar-refractivity contribution is 0.0183. The maximum Gasteiger partial charge on any atom is 0.412 e. The first-order chi connectivity index (χ1) is 12.4. The van der Waals surface area contributed by atoms with Gasteiger partial charge in [-0.15, -0.1) is 0 Å². The van der Waals surface area contributed by atoms with E-state index < -0.39 is 23.4 Å². The van der Waals surface area contributed by atoms with E-state index in [2.05, 4.69) is 10.3 Å². The van der Waals surface area contributed by atoms with Crippen molar-refractivity contribution in [3.05, 3.63) is 24.0 Å². The van der Waals surface area contributed by atoms with Gasteiger partial charge in [0, 0.05) is 19.9 Å². The number of pyridine rings is 1. The van der Waals surface area contributed by atoms with Crippen molar-refractivity contribution in [2.24, 2.45) is 0 Å². The van der Waals surface area contributed by atoms with Gasteiger partial charge >= 0.3 is 12.2 Å². The average molecular weight is 381 g/mol. The van der Waals surface area contributed by atoms with Crippen LogP contribution < -0.4 is 5.32 Å². The van der Waals surface area contributed by atoms with Crippen LogP contribution in [-0.4, -0.2) is 53.5 Å². The smallest absolute Gasteiger partial charge is 0.412 e. The predicted molar refractivity (Wildman–Crippen MR) is 103 cm³/mol. The molecule has 27 heavy (non-hydrogen) atoms. The van der Waals surface area contributed by atoms with Crippen molar-refractivity contribution >= 4 is 17.9 Å². The lowest BCUT2D eigenvalue weighted by Crippen LogP contribution is -2.38. The number of nitrogens with one attached hydrogen (secondary N) is 1. The molecule has 0 unspecified atom stereocenters. The van der Waals surface area contributed by atoms with Crippen molar-refractivity contribution in [2.75, 3.05) is 25.6 Å². The van der Waals surface area contributed by atoms with Crippen molar-refractivity contribution in [1.82, 2.24) is 9.88 Å². The molecule has 8 nitrogen and oxygen atoms in total. The summed E-state index contributed by atoms with van der Waals surface area (Å²) in [7, 11) is 1.57. The van der Waals surface area contributed by atoms with Gasteiger partial charge in [-0.3, -0.25) is 10.3 Å². The van der Waals surface area contributed by atoms with Gasteiger partial charge in [0.05, 0.1) is 25.0 Å². The minimum atomic E-state index is -0.596. The van der Waals surface area contributed by atoms with Gasteiger partial charge < -0.3 is 19.1 Å². The van der Waals surface area contributed by atoms with E-state index in [9.17, 15) is 9.59 Å². The zero-order valence-corrected chi connectivity index (χ0v) is 17.3. The molecule has 0 aliphatic heterocycles. The quantitative estimate of drug-likeness (QED) is 0.806. The van der Waals surface area contributed by atoms with Crippen LogP contribution in [-0.2, 0) is 20.8 Å². The first kappa shape index (κ1) is 22.7. The molecule has 1 N–H and O–H groups in total. The van der Waals surface area contributed by atoms with Crippen LogP contribution >= 0.6 is 0 Å².